The molecule has 0 spiro atoms. The van der Waals surface area contributed by atoms with Gasteiger partial charge in [-0.1, -0.05) is 23.7 Å². The van der Waals surface area contributed by atoms with Crippen molar-refractivity contribution in [2.45, 2.75) is 26.1 Å². The van der Waals surface area contributed by atoms with Crippen molar-refractivity contribution >= 4 is 17.3 Å². The summed E-state index contributed by atoms with van der Waals surface area (Å²) in [6, 6.07) is 2.69. The topological polar surface area (TPSA) is 21.6 Å². The van der Waals surface area contributed by atoms with E-state index in [0.717, 1.165) is 12.1 Å². The van der Waals surface area contributed by atoms with E-state index < -0.39 is 58.6 Å². The normalized spacial score (nSPS) is 12.4. The minimum absolute atomic E-state index is 0.0380. The maximum Gasteiger partial charge on any atom is 0.417 e. The van der Waals surface area contributed by atoms with Crippen LogP contribution in [0.25, 0.3) is 0 Å². The molecule has 0 atom stereocenters. The number of alkyl halides is 3. The van der Waals surface area contributed by atoms with Crippen LogP contribution in [0, 0.1) is 29.1 Å². The molecular weight excluding hydrogens is 422 g/mol. The maximum absolute atomic E-state index is 13.6. The van der Waals surface area contributed by atoms with Gasteiger partial charge in [0.25, 0.3) is 0 Å². The van der Waals surface area contributed by atoms with Gasteiger partial charge in [-0.25, -0.2) is 22.0 Å². The maximum atomic E-state index is 13.6. The quantitative estimate of drug-likeness (QED) is 0.177. The van der Waals surface area contributed by atoms with Crippen LogP contribution >= 0.6 is 11.6 Å². The second-order valence-electron chi connectivity index (χ2n) is 5.40. The molecule has 0 aliphatic heterocycles. The molecule has 152 valence electrons. The Bertz CT molecular complexity index is 897. The largest absolute Gasteiger partial charge is 0.417 e. The van der Waals surface area contributed by atoms with Crippen LogP contribution in [0.1, 0.15) is 30.0 Å². The third-order valence-electron chi connectivity index (χ3n) is 3.62. The third-order valence-corrected chi connectivity index (χ3v) is 3.85. The number of oxime groups is 1. The summed E-state index contributed by atoms with van der Waals surface area (Å²) in [5.41, 5.74) is -3.13. The van der Waals surface area contributed by atoms with E-state index in [1.165, 1.54) is 6.92 Å². The monoisotopic (exact) mass is 431 g/mol. The number of hydrogen-bond donors (Lipinski definition) is 0. The summed E-state index contributed by atoms with van der Waals surface area (Å²) in [6.45, 7) is 0.221. The summed E-state index contributed by atoms with van der Waals surface area (Å²) in [5, 5.41) is 3.33. The molecule has 0 N–H and O–H groups in total. The van der Waals surface area contributed by atoms with Crippen molar-refractivity contribution in [3.05, 3.63) is 69.0 Å². The number of halogens is 9. The van der Waals surface area contributed by atoms with Crippen molar-refractivity contribution < 1.29 is 40.0 Å². The summed E-state index contributed by atoms with van der Waals surface area (Å²) < 4.78 is 106. The van der Waals surface area contributed by atoms with Crippen molar-refractivity contribution in [1.29, 1.82) is 0 Å². The predicted molar refractivity (Wildman–Crippen MR) is 84.3 cm³/mol. The highest BCUT2D eigenvalue weighted by molar-refractivity contribution is 6.31. The Kier molecular flexibility index (Phi) is 6.53. The van der Waals surface area contributed by atoms with E-state index in [0.29, 0.717) is 6.07 Å². The first kappa shape index (κ1) is 21.9. The Hall–Kier alpha value is -2.36. The highest BCUT2D eigenvalue weighted by atomic mass is 35.5. The van der Waals surface area contributed by atoms with Gasteiger partial charge < -0.3 is 4.84 Å². The number of hydrogen-bond acceptors (Lipinski definition) is 2. The first-order valence-corrected chi connectivity index (χ1v) is 7.93. The zero-order valence-corrected chi connectivity index (χ0v) is 14.7. The van der Waals surface area contributed by atoms with Crippen LogP contribution in [-0.4, -0.2) is 5.71 Å². The van der Waals surface area contributed by atoms with Gasteiger partial charge >= 0.3 is 6.18 Å². The third kappa shape index (κ3) is 4.37. The van der Waals surface area contributed by atoms with Crippen molar-refractivity contribution in [3.63, 3.8) is 0 Å². The second-order valence-corrected chi connectivity index (χ2v) is 5.84. The molecule has 0 heterocycles. The molecule has 0 saturated carbocycles. The lowest BCUT2D eigenvalue weighted by atomic mass is 10.0. The molecule has 0 aliphatic rings. The lowest BCUT2D eigenvalue weighted by Gasteiger charge is -2.14. The summed E-state index contributed by atoms with van der Waals surface area (Å²) in [7, 11) is 0. The van der Waals surface area contributed by atoms with Crippen LogP contribution < -0.4 is 0 Å². The van der Waals surface area contributed by atoms with Gasteiger partial charge in [-0.15, -0.1) is 0 Å². The van der Waals surface area contributed by atoms with E-state index >= 15 is 0 Å². The van der Waals surface area contributed by atoms with Crippen LogP contribution in [0.5, 0.6) is 0 Å². The Morgan fingerprint density at radius 3 is 2.00 bits per heavy atom. The molecule has 0 aromatic heterocycles. The number of benzene rings is 2. The fraction of sp³-hybridized carbons (Fsp3) is 0.235. The number of nitrogens with zero attached hydrogens (tertiary/aromatic N) is 1. The molecule has 0 bridgehead atoms. The van der Waals surface area contributed by atoms with E-state index in [9.17, 15) is 35.1 Å². The van der Waals surface area contributed by atoms with Crippen LogP contribution in [0.15, 0.2) is 23.4 Å². The van der Waals surface area contributed by atoms with Gasteiger partial charge in [0.15, 0.2) is 23.3 Å². The molecule has 0 fully saturated rings. The van der Waals surface area contributed by atoms with E-state index in [2.05, 4.69) is 9.99 Å². The van der Waals surface area contributed by atoms with E-state index in [4.69, 9.17) is 11.6 Å². The lowest BCUT2D eigenvalue weighted by molar-refractivity contribution is -0.137. The first-order chi connectivity index (χ1) is 13.0. The summed E-state index contributed by atoms with van der Waals surface area (Å²) in [5.74, 6) is -10.9. The fourth-order valence-electron chi connectivity index (χ4n) is 2.26. The van der Waals surface area contributed by atoms with Crippen molar-refractivity contribution in [3.8, 4) is 0 Å². The highest BCUT2D eigenvalue weighted by Crippen LogP contribution is 2.34. The predicted octanol–water partition coefficient (Wildman–Crippen LogP) is 6.39. The van der Waals surface area contributed by atoms with Gasteiger partial charge in [-0.2, -0.15) is 13.2 Å². The molecule has 2 aromatic carbocycles. The molecule has 2 aromatic rings. The van der Waals surface area contributed by atoms with Crippen molar-refractivity contribution in [2.75, 3.05) is 0 Å². The summed E-state index contributed by atoms with van der Waals surface area (Å²) >= 11 is 5.71. The Morgan fingerprint density at radius 1 is 0.964 bits per heavy atom. The average molecular weight is 432 g/mol. The van der Waals surface area contributed by atoms with Crippen molar-refractivity contribution in [2.24, 2.45) is 5.16 Å². The SMILES string of the molecule is CC/C(=N\OCc1c(F)c(F)c(F)c(F)c1F)c1cc(Cl)ccc1C(F)(F)F. The molecule has 2 nitrogen and oxygen atoms in total. The van der Waals surface area contributed by atoms with E-state index in [-0.39, 0.29) is 17.2 Å². The first-order valence-electron chi connectivity index (χ1n) is 7.55. The molecule has 0 aliphatic carbocycles. The Labute approximate surface area is 158 Å². The molecule has 0 radical (unpaired) electrons. The molecule has 11 heteroatoms. The minimum atomic E-state index is -4.75. The molecule has 2 rings (SSSR count). The van der Waals surface area contributed by atoms with Gasteiger partial charge in [-0.3, -0.25) is 0 Å². The smallest absolute Gasteiger partial charge is 0.390 e. The minimum Gasteiger partial charge on any atom is -0.390 e. The molecule has 0 unspecified atom stereocenters. The second kappa shape index (κ2) is 8.34. The molecule has 28 heavy (non-hydrogen) atoms. The Morgan fingerprint density at radius 2 is 1.50 bits per heavy atom. The van der Waals surface area contributed by atoms with Gasteiger partial charge in [0.05, 0.1) is 16.8 Å². The molecule has 0 saturated heterocycles. The zero-order valence-electron chi connectivity index (χ0n) is 13.9. The van der Waals surface area contributed by atoms with Gasteiger partial charge in [0, 0.05) is 10.6 Å². The molecule has 0 amide bonds. The fourth-order valence-corrected chi connectivity index (χ4v) is 2.43. The van der Waals surface area contributed by atoms with E-state index in [1.54, 1.807) is 0 Å². The van der Waals surface area contributed by atoms with Gasteiger partial charge in [-0.05, 0) is 24.6 Å². The zero-order chi connectivity index (χ0) is 21.2. The highest BCUT2D eigenvalue weighted by Gasteiger charge is 2.34. The van der Waals surface area contributed by atoms with E-state index in [1.807, 2.05) is 0 Å². The summed E-state index contributed by atoms with van der Waals surface area (Å²) in [4.78, 5) is 4.59. The van der Waals surface area contributed by atoms with Gasteiger partial charge in [0.1, 0.15) is 6.61 Å². The Balaban J connectivity index is 2.39. The van der Waals surface area contributed by atoms with Crippen LogP contribution in [-0.2, 0) is 17.6 Å². The van der Waals surface area contributed by atoms with Gasteiger partial charge in [0.2, 0.25) is 5.82 Å². The van der Waals surface area contributed by atoms with Crippen LogP contribution in [0.3, 0.4) is 0 Å². The lowest BCUT2D eigenvalue weighted by Crippen LogP contribution is -2.14. The summed E-state index contributed by atoms with van der Waals surface area (Å²) in [6.07, 6.45) is -4.86. The van der Waals surface area contributed by atoms with Crippen LogP contribution in [0.2, 0.25) is 5.02 Å². The number of rotatable bonds is 5. The van der Waals surface area contributed by atoms with Crippen LogP contribution in [0.4, 0.5) is 35.1 Å². The van der Waals surface area contributed by atoms with Crippen molar-refractivity contribution in [1.82, 2.24) is 0 Å². The average Bonchev–Trinajstić information content (AvgIpc) is 2.63. The molecular formula is C17H10ClF8NO. The standard InChI is InChI=1S/C17H10ClF8NO/c1-2-11(8-5-7(18)3-4-10(8)17(24,25)26)27-28-6-9-12(19)14(21)16(23)15(22)13(9)20/h3-5H,2,6H2,1H3/b27-11+.